The van der Waals surface area contributed by atoms with Gasteiger partial charge >= 0.3 is 5.97 Å². The summed E-state index contributed by atoms with van der Waals surface area (Å²) in [7, 11) is 0. The Kier molecular flexibility index (Phi) is 1.41. The van der Waals surface area contributed by atoms with Crippen LogP contribution in [0.4, 0.5) is 0 Å². The zero-order chi connectivity index (χ0) is 7.72. The molecule has 1 heterocycles. The van der Waals surface area contributed by atoms with Gasteiger partial charge in [0.1, 0.15) is 0 Å². The number of carboxylic acid groups (broad SMARTS) is 1. The van der Waals surface area contributed by atoms with E-state index in [0.717, 1.165) is 5.23 Å². The molecule has 0 saturated heterocycles. The molecule has 0 unspecified atom stereocenters. The fourth-order valence-electron chi connectivity index (χ4n) is 0.446. The molecule has 0 spiro atoms. The molecule has 0 bridgehead atoms. The quantitative estimate of drug-likeness (QED) is 0.294. The van der Waals surface area contributed by atoms with Crippen molar-refractivity contribution in [2.45, 2.75) is 0 Å². The number of hydrogen-bond acceptors (Lipinski definition) is 7. The van der Waals surface area contributed by atoms with Crippen molar-refractivity contribution in [1.29, 1.82) is 0 Å². The van der Waals surface area contributed by atoms with Crippen LogP contribution in [0.5, 0.6) is 0 Å². The van der Waals surface area contributed by atoms with E-state index in [-0.39, 0.29) is 5.84 Å². The fraction of sp³-hybridized carbons (Fsp3) is 0. The minimum Gasteiger partial charge on any atom is -0.475 e. The first kappa shape index (κ1) is 6.74. The van der Waals surface area contributed by atoms with Gasteiger partial charge in [0.15, 0.2) is 0 Å². The van der Waals surface area contributed by atoms with E-state index < -0.39 is 5.97 Å². The second-order valence-electron chi connectivity index (χ2n) is 1.53. The SMILES string of the molecule is NN1NN=C(C(=O)O)N1N. The summed E-state index contributed by atoms with van der Waals surface area (Å²) in [6.45, 7) is 0. The van der Waals surface area contributed by atoms with E-state index >= 15 is 0 Å². The molecule has 1 rings (SSSR count). The van der Waals surface area contributed by atoms with Crippen molar-refractivity contribution in [3.63, 3.8) is 0 Å². The van der Waals surface area contributed by atoms with Gasteiger partial charge in [0.05, 0.1) is 0 Å². The first-order chi connectivity index (χ1) is 4.63. The summed E-state index contributed by atoms with van der Waals surface area (Å²) >= 11 is 0. The van der Waals surface area contributed by atoms with Crippen LogP contribution in [0.3, 0.4) is 0 Å². The molecule has 0 radical (unpaired) electrons. The highest BCUT2D eigenvalue weighted by molar-refractivity contribution is 6.34. The van der Waals surface area contributed by atoms with Gasteiger partial charge in [-0.3, -0.25) is 0 Å². The van der Waals surface area contributed by atoms with Gasteiger partial charge in [0.25, 0.3) is 5.84 Å². The molecule has 1 aliphatic heterocycles. The van der Waals surface area contributed by atoms with Gasteiger partial charge in [-0.15, -0.1) is 5.10 Å². The lowest BCUT2D eigenvalue weighted by atomic mass is 10.6. The Morgan fingerprint density at radius 2 is 2.30 bits per heavy atom. The Hall–Kier alpha value is -1.38. The van der Waals surface area contributed by atoms with E-state index in [9.17, 15) is 4.79 Å². The van der Waals surface area contributed by atoms with Gasteiger partial charge in [0, 0.05) is 0 Å². The van der Waals surface area contributed by atoms with E-state index in [1.54, 1.807) is 0 Å². The van der Waals surface area contributed by atoms with Crippen molar-refractivity contribution >= 4 is 11.8 Å². The molecule has 0 aliphatic carbocycles. The summed E-state index contributed by atoms with van der Waals surface area (Å²) in [6.07, 6.45) is 0. The summed E-state index contributed by atoms with van der Waals surface area (Å²) in [4.78, 5) is 10.2. The van der Waals surface area contributed by atoms with Crippen LogP contribution in [0, 0.1) is 0 Å². The van der Waals surface area contributed by atoms with Crippen LogP contribution in [0.15, 0.2) is 5.10 Å². The summed E-state index contributed by atoms with van der Waals surface area (Å²) in [6, 6.07) is 0. The number of hydrazone groups is 1. The van der Waals surface area contributed by atoms with Crippen molar-refractivity contribution in [2.75, 3.05) is 0 Å². The van der Waals surface area contributed by atoms with E-state index in [2.05, 4.69) is 10.6 Å². The van der Waals surface area contributed by atoms with Gasteiger partial charge < -0.3 is 5.11 Å². The summed E-state index contributed by atoms with van der Waals surface area (Å²) in [5.41, 5.74) is 2.12. The molecule has 8 heteroatoms. The molecule has 1 aliphatic rings. The Balaban J connectivity index is 2.72. The predicted molar refractivity (Wildman–Crippen MR) is 30.3 cm³/mol. The molecular weight excluding hydrogens is 140 g/mol. The molecule has 10 heavy (non-hydrogen) atoms. The monoisotopic (exact) mass is 146 g/mol. The lowest BCUT2D eigenvalue weighted by Crippen LogP contribution is -2.55. The van der Waals surface area contributed by atoms with Gasteiger partial charge in [-0.25, -0.2) is 22.0 Å². The van der Waals surface area contributed by atoms with Crippen molar-refractivity contribution < 1.29 is 9.90 Å². The summed E-state index contributed by atoms with van der Waals surface area (Å²) in [5.74, 6) is 8.53. The third-order valence-corrected chi connectivity index (χ3v) is 0.899. The Bertz CT molecular complexity index is 188. The van der Waals surface area contributed by atoms with Crippen LogP contribution in [0.1, 0.15) is 0 Å². The third kappa shape index (κ3) is 0.857. The average molecular weight is 146 g/mol. The number of aliphatic carboxylic acids is 1. The van der Waals surface area contributed by atoms with E-state index in [4.69, 9.17) is 16.8 Å². The topological polar surface area (TPSA) is 120 Å². The molecule has 6 N–H and O–H groups in total. The van der Waals surface area contributed by atoms with Gasteiger partial charge in [0.2, 0.25) is 0 Å². The Morgan fingerprint density at radius 3 is 2.50 bits per heavy atom. The summed E-state index contributed by atoms with van der Waals surface area (Å²) < 4.78 is 0. The molecule has 0 fully saturated rings. The molecule has 8 nitrogen and oxygen atoms in total. The number of carboxylic acids is 1. The lowest BCUT2D eigenvalue weighted by molar-refractivity contribution is -0.131. The normalized spacial score (nSPS) is 18.6. The lowest BCUT2D eigenvalue weighted by Gasteiger charge is -2.16. The molecule has 0 saturated carbocycles. The van der Waals surface area contributed by atoms with Crippen LogP contribution in [-0.2, 0) is 4.79 Å². The number of nitrogens with one attached hydrogen (secondary N) is 1. The molecule has 56 valence electrons. The summed E-state index contributed by atoms with van der Waals surface area (Å²) in [5, 5.41) is 13.0. The van der Waals surface area contributed by atoms with E-state index in [0.29, 0.717) is 5.12 Å². The smallest absolute Gasteiger partial charge is 0.376 e. The highest BCUT2D eigenvalue weighted by Crippen LogP contribution is 1.91. The van der Waals surface area contributed by atoms with Crippen LogP contribution in [-0.4, -0.2) is 27.3 Å². The number of carbonyl (C=O) groups is 1. The van der Waals surface area contributed by atoms with Crippen molar-refractivity contribution in [1.82, 2.24) is 15.9 Å². The van der Waals surface area contributed by atoms with Gasteiger partial charge in [-0.2, -0.15) is 5.12 Å². The Labute approximate surface area is 55.5 Å². The molecular formula is C2H6N6O2. The molecule has 0 atom stereocenters. The molecule has 0 aromatic heterocycles. The van der Waals surface area contributed by atoms with Crippen LogP contribution >= 0.6 is 0 Å². The maximum Gasteiger partial charge on any atom is 0.376 e. The average Bonchev–Trinajstić information content (AvgIpc) is 2.14. The first-order valence-electron chi connectivity index (χ1n) is 2.29. The van der Waals surface area contributed by atoms with Crippen LogP contribution in [0.2, 0.25) is 0 Å². The standard InChI is InChI=1S/C2H6N6O2/c3-7-1(2(9)10)5-6-8(7)4/h6H,3-4H2,(H,9,10). The van der Waals surface area contributed by atoms with Crippen molar-refractivity contribution in [2.24, 2.45) is 16.8 Å². The Morgan fingerprint density at radius 1 is 1.70 bits per heavy atom. The number of rotatable bonds is 1. The number of amidine groups is 1. The maximum absolute atomic E-state index is 10.2. The predicted octanol–water partition coefficient (Wildman–Crippen LogP) is -2.83. The van der Waals surface area contributed by atoms with Gasteiger partial charge in [-0.1, -0.05) is 0 Å². The van der Waals surface area contributed by atoms with Crippen LogP contribution in [0.25, 0.3) is 0 Å². The number of hydrogen-bond donors (Lipinski definition) is 4. The highest BCUT2D eigenvalue weighted by Gasteiger charge is 2.25. The number of nitrogens with zero attached hydrogens (tertiary/aromatic N) is 3. The zero-order valence-corrected chi connectivity index (χ0v) is 4.85. The molecule has 0 aromatic rings. The van der Waals surface area contributed by atoms with Crippen LogP contribution < -0.4 is 17.2 Å². The van der Waals surface area contributed by atoms with Gasteiger partial charge in [-0.05, 0) is 5.23 Å². The minimum atomic E-state index is -1.25. The minimum absolute atomic E-state index is 0.359. The van der Waals surface area contributed by atoms with E-state index in [1.165, 1.54) is 0 Å². The van der Waals surface area contributed by atoms with Crippen molar-refractivity contribution in [3.8, 4) is 0 Å². The zero-order valence-electron chi connectivity index (χ0n) is 4.85. The largest absolute Gasteiger partial charge is 0.475 e. The first-order valence-corrected chi connectivity index (χ1v) is 2.29. The molecule has 0 aromatic carbocycles. The second-order valence-corrected chi connectivity index (χ2v) is 1.53. The third-order valence-electron chi connectivity index (χ3n) is 0.899. The number of hydrazine groups is 4. The maximum atomic E-state index is 10.2. The van der Waals surface area contributed by atoms with E-state index in [1.807, 2.05) is 0 Å². The molecule has 0 amide bonds. The fourth-order valence-corrected chi connectivity index (χ4v) is 0.446. The second kappa shape index (κ2) is 2.10. The van der Waals surface area contributed by atoms with Crippen molar-refractivity contribution in [3.05, 3.63) is 0 Å². The number of nitrogens with two attached hydrogens (primary N) is 2. The highest BCUT2D eigenvalue weighted by atomic mass is 16.4.